The number of aromatic nitrogens is 3. The molecular weight excluding hydrogens is 157 g/mol. The number of pyridine rings is 1. The van der Waals surface area contributed by atoms with Gasteiger partial charge in [0.1, 0.15) is 0 Å². The van der Waals surface area contributed by atoms with Crippen molar-refractivity contribution in [2.75, 3.05) is 0 Å². The molecule has 0 radical (unpaired) electrons. The highest BCUT2D eigenvalue weighted by Crippen LogP contribution is 2.02. The van der Waals surface area contributed by atoms with Crippen LogP contribution in [-0.4, -0.2) is 32.1 Å². The second-order valence-electron chi connectivity index (χ2n) is 2.40. The number of hydrogen-bond acceptors (Lipinski definition) is 4. The molecule has 6 heteroatoms. The van der Waals surface area contributed by atoms with Gasteiger partial charge in [-0.05, 0) is 0 Å². The van der Waals surface area contributed by atoms with E-state index in [2.05, 4.69) is 15.0 Å². The summed E-state index contributed by atoms with van der Waals surface area (Å²) in [6.45, 7) is 0. The Morgan fingerprint density at radius 2 is 2.17 bits per heavy atom. The lowest BCUT2D eigenvalue weighted by Crippen LogP contribution is -2.31. The summed E-state index contributed by atoms with van der Waals surface area (Å²) in [5.74, 6) is 0. The lowest BCUT2D eigenvalue weighted by molar-refractivity contribution is 0.426. The van der Waals surface area contributed by atoms with Gasteiger partial charge in [-0.15, -0.1) is 0 Å². The smallest absolute Gasteiger partial charge is 0.423 e. The van der Waals surface area contributed by atoms with E-state index in [4.69, 9.17) is 10.0 Å². The lowest BCUT2D eigenvalue weighted by Gasteiger charge is -1.97. The Bertz CT molecular complexity index is 400. The summed E-state index contributed by atoms with van der Waals surface area (Å²) in [6, 6.07) is 0. The quantitative estimate of drug-likeness (QED) is 0.453. The highest BCUT2D eigenvalue weighted by Gasteiger charge is 2.16. The number of imidazole rings is 1. The summed E-state index contributed by atoms with van der Waals surface area (Å²) < 4.78 is 0. The van der Waals surface area contributed by atoms with E-state index in [1.807, 2.05) is 0 Å². The molecule has 0 unspecified atom stereocenters. The molecule has 0 bridgehead atoms. The van der Waals surface area contributed by atoms with E-state index in [-0.39, 0.29) is 0 Å². The molecule has 60 valence electrons. The van der Waals surface area contributed by atoms with E-state index in [1.54, 1.807) is 6.20 Å². The van der Waals surface area contributed by atoms with Gasteiger partial charge in [-0.1, -0.05) is 0 Å². The fraction of sp³-hybridized carbons (Fsp3) is 0. The van der Waals surface area contributed by atoms with Crippen LogP contribution in [0.3, 0.4) is 0 Å². The number of fused-ring (bicyclic) bond motifs is 1. The normalized spacial score (nSPS) is 10.5. The van der Waals surface area contributed by atoms with Gasteiger partial charge in [0.25, 0.3) is 0 Å². The molecule has 5 nitrogen and oxygen atoms in total. The minimum atomic E-state index is -1.52. The summed E-state index contributed by atoms with van der Waals surface area (Å²) in [5, 5.41) is 17.8. The van der Waals surface area contributed by atoms with E-state index in [1.165, 1.54) is 12.5 Å². The Labute approximate surface area is 68.2 Å². The highest BCUT2D eigenvalue weighted by molar-refractivity contribution is 6.61. The molecule has 0 saturated heterocycles. The Balaban J connectivity index is 2.73. The van der Waals surface area contributed by atoms with Crippen molar-refractivity contribution in [2.45, 2.75) is 0 Å². The van der Waals surface area contributed by atoms with Gasteiger partial charge in [0.2, 0.25) is 0 Å². The predicted molar refractivity (Wildman–Crippen MR) is 43.7 cm³/mol. The molecule has 0 amide bonds. The van der Waals surface area contributed by atoms with E-state index in [0.29, 0.717) is 16.5 Å². The minimum Gasteiger partial charge on any atom is -0.423 e. The summed E-state index contributed by atoms with van der Waals surface area (Å²) >= 11 is 0. The van der Waals surface area contributed by atoms with Crippen LogP contribution in [0.1, 0.15) is 0 Å². The van der Waals surface area contributed by atoms with Crippen LogP contribution < -0.4 is 5.46 Å². The average molecular weight is 163 g/mol. The zero-order valence-electron chi connectivity index (χ0n) is 6.10. The van der Waals surface area contributed by atoms with E-state index in [9.17, 15) is 0 Å². The second-order valence-corrected chi connectivity index (χ2v) is 2.40. The predicted octanol–water partition coefficient (Wildman–Crippen LogP) is -1.36. The first kappa shape index (κ1) is 7.26. The maximum atomic E-state index is 8.90. The van der Waals surface area contributed by atoms with Crippen LogP contribution in [0.25, 0.3) is 11.0 Å². The van der Waals surface area contributed by atoms with Gasteiger partial charge in [-0.3, -0.25) is 4.98 Å². The molecule has 0 aromatic carbocycles. The van der Waals surface area contributed by atoms with Crippen molar-refractivity contribution < 1.29 is 10.0 Å². The van der Waals surface area contributed by atoms with E-state index >= 15 is 0 Å². The first-order valence-electron chi connectivity index (χ1n) is 3.42. The summed E-state index contributed by atoms with van der Waals surface area (Å²) in [5.41, 5.74) is 1.55. The Hall–Kier alpha value is -1.40. The molecule has 0 fully saturated rings. The van der Waals surface area contributed by atoms with Gasteiger partial charge >= 0.3 is 7.12 Å². The third-order valence-electron chi connectivity index (χ3n) is 1.64. The van der Waals surface area contributed by atoms with Crippen LogP contribution in [0, 0.1) is 0 Å². The first-order valence-corrected chi connectivity index (χ1v) is 3.42. The third kappa shape index (κ3) is 0.974. The molecule has 2 aromatic rings. The van der Waals surface area contributed by atoms with Gasteiger partial charge in [0.05, 0.1) is 23.6 Å². The van der Waals surface area contributed by atoms with Crippen molar-refractivity contribution in [1.29, 1.82) is 0 Å². The van der Waals surface area contributed by atoms with Crippen LogP contribution in [0.4, 0.5) is 0 Å². The lowest BCUT2D eigenvalue weighted by atomic mass is 9.81. The largest absolute Gasteiger partial charge is 0.492 e. The maximum absolute atomic E-state index is 8.90. The summed E-state index contributed by atoms with van der Waals surface area (Å²) in [4.78, 5) is 10.6. The molecule has 0 aliphatic carbocycles. The number of nitrogens with zero attached hydrogens (tertiary/aromatic N) is 2. The number of rotatable bonds is 1. The van der Waals surface area contributed by atoms with Crippen molar-refractivity contribution in [1.82, 2.24) is 15.0 Å². The van der Waals surface area contributed by atoms with E-state index in [0.717, 1.165) is 0 Å². The number of aromatic amines is 1. The van der Waals surface area contributed by atoms with E-state index < -0.39 is 7.12 Å². The fourth-order valence-electron chi connectivity index (χ4n) is 1.07. The van der Waals surface area contributed by atoms with Crippen LogP contribution in [0.5, 0.6) is 0 Å². The Morgan fingerprint density at radius 1 is 1.33 bits per heavy atom. The molecule has 0 aliphatic heterocycles. The zero-order chi connectivity index (χ0) is 8.55. The molecule has 2 heterocycles. The average Bonchev–Trinajstić information content (AvgIpc) is 2.49. The van der Waals surface area contributed by atoms with Gasteiger partial charge in [-0.25, -0.2) is 4.98 Å². The molecule has 2 aromatic heterocycles. The fourth-order valence-corrected chi connectivity index (χ4v) is 1.07. The Kier molecular flexibility index (Phi) is 1.56. The SMILES string of the molecule is OB(O)c1cncc2[nH]cnc12. The van der Waals surface area contributed by atoms with Crippen LogP contribution in [0.2, 0.25) is 0 Å². The molecule has 2 rings (SSSR count). The zero-order valence-corrected chi connectivity index (χ0v) is 6.10. The Morgan fingerprint density at radius 3 is 2.92 bits per heavy atom. The number of hydrogen-bond donors (Lipinski definition) is 3. The van der Waals surface area contributed by atoms with Gasteiger partial charge in [0, 0.05) is 11.7 Å². The molecular formula is C6H6BN3O2. The number of H-pyrrole nitrogens is 1. The highest BCUT2D eigenvalue weighted by atomic mass is 16.4. The molecule has 0 aliphatic rings. The van der Waals surface area contributed by atoms with Crippen molar-refractivity contribution in [3.8, 4) is 0 Å². The molecule has 12 heavy (non-hydrogen) atoms. The maximum Gasteiger partial charge on any atom is 0.492 e. The summed E-state index contributed by atoms with van der Waals surface area (Å²) in [7, 11) is -1.52. The molecule has 0 saturated carbocycles. The standard InChI is InChI=1S/C6H6BN3O2/c11-7(12)4-1-8-2-5-6(4)10-3-9-5/h1-3,11-12H,(H,9,10). The van der Waals surface area contributed by atoms with Crippen molar-refractivity contribution in [3.63, 3.8) is 0 Å². The van der Waals surface area contributed by atoms with Gasteiger partial charge < -0.3 is 15.0 Å². The summed E-state index contributed by atoms with van der Waals surface area (Å²) in [6.07, 6.45) is 4.44. The molecule has 3 N–H and O–H groups in total. The van der Waals surface area contributed by atoms with Crippen LogP contribution >= 0.6 is 0 Å². The third-order valence-corrected chi connectivity index (χ3v) is 1.64. The van der Waals surface area contributed by atoms with Crippen LogP contribution in [0.15, 0.2) is 18.7 Å². The first-order chi connectivity index (χ1) is 5.79. The van der Waals surface area contributed by atoms with Crippen molar-refractivity contribution in [2.24, 2.45) is 0 Å². The molecule has 0 atom stereocenters. The topological polar surface area (TPSA) is 82.0 Å². The van der Waals surface area contributed by atoms with Crippen molar-refractivity contribution >= 4 is 23.6 Å². The van der Waals surface area contributed by atoms with Crippen LogP contribution in [-0.2, 0) is 0 Å². The number of nitrogens with one attached hydrogen (secondary N) is 1. The monoisotopic (exact) mass is 163 g/mol. The van der Waals surface area contributed by atoms with Crippen molar-refractivity contribution in [3.05, 3.63) is 18.7 Å². The second kappa shape index (κ2) is 2.58. The van der Waals surface area contributed by atoms with Gasteiger partial charge in [0.15, 0.2) is 0 Å². The minimum absolute atomic E-state index is 0.314. The molecule has 0 spiro atoms. The van der Waals surface area contributed by atoms with Gasteiger partial charge in [-0.2, -0.15) is 0 Å².